The number of aromatic hydroxyl groups is 1. The number of rotatable bonds is 5. The first-order valence-corrected chi connectivity index (χ1v) is 14.5. The zero-order valence-corrected chi connectivity index (χ0v) is 22.0. The van der Waals surface area contributed by atoms with E-state index in [1.165, 1.54) is 80.9 Å². The lowest BCUT2D eigenvalue weighted by molar-refractivity contribution is 0.331. The fourth-order valence-electron chi connectivity index (χ4n) is 6.02. The summed E-state index contributed by atoms with van der Waals surface area (Å²) in [6.07, 6.45) is 15.7. The average Bonchev–Trinajstić information content (AvgIpc) is 2.79. The van der Waals surface area contributed by atoms with Crippen LogP contribution in [0.5, 0.6) is 5.75 Å². The van der Waals surface area contributed by atoms with Crippen molar-refractivity contribution in [2.75, 3.05) is 0 Å². The summed E-state index contributed by atoms with van der Waals surface area (Å²) in [6.45, 7) is 6.93. The van der Waals surface area contributed by atoms with Crippen molar-refractivity contribution in [3.8, 4) is 5.75 Å². The molecule has 0 aliphatic heterocycles. The van der Waals surface area contributed by atoms with Crippen LogP contribution >= 0.6 is 11.8 Å². The molecule has 2 heteroatoms. The van der Waals surface area contributed by atoms with Gasteiger partial charge in [-0.05, 0) is 42.2 Å². The maximum absolute atomic E-state index is 11.8. The minimum atomic E-state index is -0.0650. The highest BCUT2D eigenvalue weighted by Crippen LogP contribution is 2.50. The summed E-state index contributed by atoms with van der Waals surface area (Å²) in [7, 11) is 0. The Morgan fingerprint density at radius 1 is 0.848 bits per heavy atom. The summed E-state index contributed by atoms with van der Waals surface area (Å²) in [4.78, 5) is 0. The van der Waals surface area contributed by atoms with Crippen LogP contribution in [0.3, 0.4) is 0 Å². The lowest BCUT2D eigenvalue weighted by Crippen LogP contribution is -2.31. The van der Waals surface area contributed by atoms with Gasteiger partial charge >= 0.3 is 0 Å². The lowest BCUT2D eigenvalue weighted by Gasteiger charge is -2.40. The highest BCUT2D eigenvalue weighted by molar-refractivity contribution is 7.99. The second kappa shape index (κ2) is 10.9. The van der Waals surface area contributed by atoms with Crippen LogP contribution in [-0.2, 0) is 16.6 Å². The van der Waals surface area contributed by atoms with Gasteiger partial charge in [0.05, 0.1) is 0 Å². The molecule has 33 heavy (non-hydrogen) atoms. The molecule has 2 fully saturated rings. The Morgan fingerprint density at radius 3 is 2.09 bits per heavy atom. The topological polar surface area (TPSA) is 20.2 Å². The number of phenols is 1. The summed E-state index contributed by atoms with van der Waals surface area (Å²) >= 11 is 2.10. The van der Waals surface area contributed by atoms with Crippen molar-refractivity contribution in [3.05, 3.63) is 64.7 Å². The predicted molar refractivity (Wildman–Crippen MR) is 145 cm³/mol. The molecule has 0 radical (unpaired) electrons. The molecule has 0 bridgehead atoms. The number of hydrogen-bond donors (Lipinski definition) is 1. The van der Waals surface area contributed by atoms with Gasteiger partial charge in [0.15, 0.2) is 0 Å². The summed E-state index contributed by atoms with van der Waals surface area (Å²) in [6, 6.07) is 15.7. The predicted octanol–water partition coefficient (Wildman–Crippen LogP) is 9.29. The standard InChI is InChI=1S/C31H44OS/c1-30(2,3)26-21-24(23-33-27-17-11-5-4-6-12-18-27)29(32)28(22-26)31(19-13-8-14-20-31)25-15-9-7-10-16-25/h7,9-10,15-16,21-22,27,32H,4-6,8,11-14,17-20,23H2,1-3H3. The zero-order chi connectivity index (χ0) is 23.3. The van der Waals surface area contributed by atoms with Crippen molar-refractivity contribution in [3.63, 3.8) is 0 Å². The molecule has 4 rings (SSSR count). The van der Waals surface area contributed by atoms with Crippen LogP contribution < -0.4 is 0 Å². The Labute approximate surface area is 206 Å². The molecule has 2 aromatic rings. The van der Waals surface area contributed by atoms with E-state index in [1.807, 2.05) is 0 Å². The molecule has 180 valence electrons. The van der Waals surface area contributed by atoms with Crippen LogP contribution in [0.2, 0.25) is 0 Å². The molecule has 1 nitrogen and oxygen atoms in total. The maximum atomic E-state index is 11.8. The van der Waals surface area contributed by atoms with Crippen molar-refractivity contribution >= 4 is 11.8 Å². The fraction of sp³-hybridized carbons (Fsp3) is 0.613. The van der Waals surface area contributed by atoms with Gasteiger partial charge in [0.2, 0.25) is 0 Å². The molecule has 0 amide bonds. The van der Waals surface area contributed by atoms with E-state index in [2.05, 4.69) is 75.0 Å². The van der Waals surface area contributed by atoms with E-state index in [-0.39, 0.29) is 10.8 Å². The van der Waals surface area contributed by atoms with E-state index in [0.717, 1.165) is 29.4 Å². The molecule has 0 spiro atoms. The van der Waals surface area contributed by atoms with Crippen LogP contribution in [0.4, 0.5) is 0 Å². The van der Waals surface area contributed by atoms with Crippen LogP contribution in [0.15, 0.2) is 42.5 Å². The number of benzene rings is 2. The van der Waals surface area contributed by atoms with E-state index in [9.17, 15) is 5.11 Å². The molecule has 2 aliphatic rings. The number of hydrogen-bond acceptors (Lipinski definition) is 2. The molecular weight excluding hydrogens is 420 g/mol. The molecule has 0 saturated heterocycles. The SMILES string of the molecule is CC(C)(C)c1cc(CSC2CCCCCCC2)c(O)c(C2(c3ccccc3)CCCCC2)c1. The second-order valence-electron chi connectivity index (χ2n) is 11.6. The number of phenolic OH excluding ortho intramolecular Hbond substituents is 1. The molecule has 0 unspecified atom stereocenters. The third-order valence-electron chi connectivity index (χ3n) is 8.13. The smallest absolute Gasteiger partial charge is 0.123 e. The van der Waals surface area contributed by atoms with Gasteiger partial charge in [0.1, 0.15) is 5.75 Å². The van der Waals surface area contributed by atoms with Crippen molar-refractivity contribution in [2.45, 2.75) is 120 Å². The minimum Gasteiger partial charge on any atom is -0.507 e. The lowest BCUT2D eigenvalue weighted by atomic mass is 9.64. The van der Waals surface area contributed by atoms with Crippen molar-refractivity contribution in [1.82, 2.24) is 0 Å². The van der Waals surface area contributed by atoms with Gasteiger partial charge in [-0.1, -0.05) is 115 Å². The van der Waals surface area contributed by atoms with Crippen molar-refractivity contribution in [2.24, 2.45) is 0 Å². The fourth-order valence-corrected chi connectivity index (χ4v) is 7.32. The largest absolute Gasteiger partial charge is 0.507 e. The van der Waals surface area contributed by atoms with E-state index < -0.39 is 0 Å². The molecule has 2 aromatic carbocycles. The van der Waals surface area contributed by atoms with Gasteiger partial charge in [-0.2, -0.15) is 11.8 Å². The summed E-state index contributed by atoms with van der Waals surface area (Å²) in [5.74, 6) is 1.50. The first-order chi connectivity index (χ1) is 15.9. The average molecular weight is 465 g/mol. The molecule has 2 aliphatic carbocycles. The van der Waals surface area contributed by atoms with E-state index in [1.54, 1.807) is 0 Å². The van der Waals surface area contributed by atoms with E-state index in [4.69, 9.17) is 0 Å². The molecule has 0 heterocycles. The van der Waals surface area contributed by atoms with Crippen LogP contribution in [0.25, 0.3) is 0 Å². The molecule has 0 atom stereocenters. The summed E-state index contributed by atoms with van der Waals surface area (Å²) < 4.78 is 0. The highest BCUT2D eigenvalue weighted by Gasteiger charge is 2.39. The zero-order valence-electron chi connectivity index (χ0n) is 21.2. The monoisotopic (exact) mass is 464 g/mol. The van der Waals surface area contributed by atoms with Gasteiger partial charge in [0, 0.05) is 27.5 Å². The van der Waals surface area contributed by atoms with E-state index >= 15 is 0 Å². The van der Waals surface area contributed by atoms with Gasteiger partial charge in [-0.25, -0.2) is 0 Å². The van der Waals surface area contributed by atoms with Gasteiger partial charge in [-0.15, -0.1) is 0 Å². The summed E-state index contributed by atoms with van der Waals surface area (Å²) in [5.41, 5.74) is 5.09. The normalized spacial score (nSPS) is 20.2. The first kappa shape index (κ1) is 24.7. The first-order valence-electron chi connectivity index (χ1n) is 13.4. The molecule has 1 N–H and O–H groups in total. The minimum absolute atomic E-state index is 0.0641. The van der Waals surface area contributed by atoms with Gasteiger partial charge in [-0.3, -0.25) is 0 Å². The van der Waals surface area contributed by atoms with Crippen LogP contribution in [-0.4, -0.2) is 10.4 Å². The third-order valence-corrected chi connectivity index (χ3v) is 9.55. The van der Waals surface area contributed by atoms with Crippen LogP contribution in [0, 0.1) is 0 Å². The highest BCUT2D eigenvalue weighted by atomic mass is 32.2. The second-order valence-corrected chi connectivity index (χ2v) is 12.9. The molecular formula is C31H44OS. The Morgan fingerprint density at radius 2 is 1.45 bits per heavy atom. The quantitative estimate of drug-likeness (QED) is 0.475. The van der Waals surface area contributed by atoms with Crippen molar-refractivity contribution in [1.29, 1.82) is 0 Å². The maximum Gasteiger partial charge on any atom is 0.123 e. The van der Waals surface area contributed by atoms with E-state index in [0.29, 0.717) is 5.75 Å². The molecule has 0 aromatic heterocycles. The summed E-state index contributed by atoms with van der Waals surface area (Å²) in [5, 5.41) is 12.5. The Kier molecular flexibility index (Phi) is 8.15. The van der Waals surface area contributed by atoms with Gasteiger partial charge in [0.25, 0.3) is 0 Å². The Balaban J connectivity index is 1.72. The number of thioether (sulfide) groups is 1. The van der Waals surface area contributed by atoms with Crippen molar-refractivity contribution < 1.29 is 5.11 Å². The van der Waals surface area contributed by atoms with Gasteiger partial charge < -0.3 is 5.11 Å². The Hall–Kier alpha value is -1.41. The third kappa shape index (κ3) is 5.81. The van der Waals surface area contributed by atoms with Crippen LogP contribution in [0.1, 0.15) is 120 Å². The molecule has 2 saturated carbocycles. The Bertz CT molecular complexity index is 881.